The van der Waals surface area contributed by atoms with Crippen LogP contribution in [0.5, 0.6) is 11.5 Å². The molecule has 0 heterocycles. The Balaban J connectivity index is 0.00000144. The van der Waals surface area contributed by atoms with Crippen molar-refractivity contribution in [1.29, 1.82) is 0 Å². The Labute approximate surface area is 96.8 Å². The van der Waals surface area contributed by atoms with Gasteiger partial charge in [0.05, 0.1) is 4.92 Å². The molecule has 0 aliphatic heterocycles. The van der Waals surface area contributed by atoms with Crippen molar-refractivity contribution in [1.82, 2.24) is 0 Å². The number of aromatic hydroxyl groups is 1. The van der Waals surface area contributed by atoms with Crippen molar-refractivity contribution in [3.05, 3.63) is 34.4 Å². The van der Waals surface area contributed by atoms with Crippen molar-refractivity contribution in [3.8, 4) is 11.5 Å². The van der Waals surface area contributed by atoms with E-state index in [1.807, 2.05) is 0 Å². The van der Waals surface area contributed by atoms with Crippen LogP contribution >= 0.6 is 0 Å². The number of benzene rings is 1. The van der Waals surface area contributed by atoms with Gasteiger partial charge in [0, 0.05) is 0 Å². The molecule has 1 rings (SSSR count). The summed E-state index contributed by atoms with van der Waals surface area (Å²) in [6.45, 7) is -0.641. The molecule has 0 spiro atoms. The summed E-state index contributed by atoms with van der Waals surface area (Å²) >= 11 is 0. The molecule has 13 heavy (non-hydrogen) atoms. The number of ether oxygens (including phenoxy) is 1. The van der Waals surface area contributed by atoms with Gasteiger partial charge in [-0.2, -0.15) is 0 Å². The van der Waals surface area contributed by atoms with Crippen LogP contribution in [-0.4, -0.2) is 46.3 Å². The van der Waals surface area contributed by atoms with Gasteiger partial charge < -0.3 is 9.84 Å². The summed E-state index contributed by atoms with van der Waals surface area (Å²) in [5.41, 5.74) is 0. The molecule has 1 aromatic carbocycles. The number of rotatable bonds is 3. The van der Waals surface area contributed by atoms with Crippen LogP contribution in [0.4, 0.5) is 0 Å². The van der Waals surface area contributed by atoms with E-state index in [0.717, 1.165) is 0 Å². The molecule has 0 aliphatic rings. The number of para-hydroxylation sites is 2. The molecule has 0 radical (unpaired) electrons. The normalized spacial score (nSPS) is 8.62. The maximum absolute atomic E-state index is 9.88. The van der Waals surface area contributed by atoms with Crippen LogP contribution in [0.2, 0.25) is 0 Å². The second-order valence-electron chi connectivity index (χ2n) is 2.07. The fraction of sp³-hybridized carbons (Fsp3) is 0.143. The molecular formula is C7H8NNaO4. The molecule has 6 heteroatoms. The van der Waals surface area contributed by atoms with Gasteiger partial charge in [-0.3, -0.25) is 10.1 Å². The van der Waals surface area contributed by atoms with Crippen LogP contribution in [0.15, 0.2) is 24.3 Å². The van der Waals surface area contributed by atoms with E-state index in [1.54, 1.807) is 12.1 Å². The molecule has 0 fully saturated rings. The zero-order chi connectivity index (χ0) is 8.97. The van der Waals surface area contributed by atoms with Crippen LogP contribution in [0.25, 0.3) is 0 Å². The molecule has 66 valence electrons. The Morgan fingerprint density at radius 2 is 2.08 bits per heavy atom. The molecule has 0 saturated heterocycles. The first-order valence-corrected chi connectivity index (χ1v) is 3.23. The Kier molecular flexibility index (Phi) is 5.45. The van der Waals surface area contributed by atoms with Crippen LogP contribution in [0.3, 0.4) is 0 Å². The number of nitro groups is 1. The number of hydrogen-bond acceptors (Lipinski definition) is 4. The molecule has 1 N–H and O–H groups in total. The predicted octanol–water partition coefficient (Wildman–Crippen LogP) is 0.357. The van der Waals surface area contributed by atoms with Crippen LogP contribution in [-0.2, 0) is 0 Å². The van der Waals surface area contributed by atoms with Gasteiger partial charge in [-0.15, -0.1) is 0 Å². The SMILES string of the molecule is O=[N+]([O-])COc1ccccc1O.[NaH]. The van der Waals surface area contributed by atoms with Gasteiger partial charge in [0.25, 0.3) is 0 Å². The van der Waals surface area contributed by atoms with Crippen LogP contribution in [0, 0.1) is 10.1 Å². The van der Waals surface area contributed by atoms with Crippen LogP contribution in [0.1, 0.15) is 0 Å². The van der Waals surface area contributed by atoms with Gasteiger partial charge in [-0.05, 0) is 12.1 Å². The van der Waals surface area contributed by atoms with Gasteiger partial charge in [-0.1, -0.05) is 12.1 Å². The monoisotopic (exact) mass is 193 g/mol. The van der Waals surface area contributed by atoms with Crippen molar-refractivity contribution >= 4 is 29.6 Å². The quantitative estimate of drug-likeness (QED) is 0.325. The zero-order valence-electron chi connectivity index (χ0n) is 6.14. The Morgan fingerprint density at radius 1 is 1.46 bits per heavy atom. The molecular weight excluding hydrogens is 185 g/mol. The summed E-state index contributed by atoms with van der Waals surface area (Å²) in [6, 6.07) is 6.08. The molecule has 0 bridgehead atoms. The summed E-state index contributed by atoms with van der Waals surface area (Å²) in [7, 11) is 0. The van der Waals surface area contributed by atoms with E-state index < -0.39 is 11.7 Å². The summed E-state index contributed by atoms with van der Waals surface area (Å²) in [6.07, 6.45) is 0. The summed E-state index contributed by atoms with van der Waals surface area (Å²) in [5.74, 6) is 0.0218. The van der Waals surface area contributed by atoms with E-state index in [-0.39, 0.29) is 41.1 Å². The fourth-order valence-corrected chi connectivity index (χ4v) is 0.701. The summed E-state index contributed by atoms with van der Waals surface area (Å²) in [4.78, 5) is 9.26. The topological polar surface area (TPSA) is 72.6 Å². The van der Waals surface area contributed by atoms with E-state index in [2.05, 4.69) is 4.74 Å². The third kappa shape index (κ3) is 4.12. The molecule has 0 aliphatic carbocycles. The molecule has 5 nitrogen and oxygen atoms in total. The molecule has 0 aromatic heterocycles. The number of phenolic OH excluding ortho intramolecular Hbond substituents is 1. The molecule has 0 saturated carbocycles. The molecule has 0 amide bonds. The van der Waals surface area contributed by atoms with E-state index in [1.165, 1.54) is 12.1 Å². The first kappa shape index (κ1) is 12.2. The van der Waals surface area contributed by atoms with E-state index in [4.69, 9.17) is 5.11 Å². The van der Waals surface area contributed by atoms with Crippen molar-refractivity contribution < 1.29 is 14.8 Å². The van der Waals surface area contributed by atoms with Gasteiger partial charge in [0.1, 0.15) is 0 Å². The van der Waals surface area contributed by atoms with Gasteiger partial charge >= 0.3 is 36.3 Å². The zero-order valence-corrected chi connectivity index (χ0v) is 6.14. The third-order valence-electron chi connectivity index (χ3n) is 1.19. The Bertz CT molecular complexity index is 292. The third-order valence-corrected chi connectivity index (χ3v) is 1.19. The van der Waals surface area contributed by atoms with E-state index in [0.29, 0.717) is 0 Å². The minimum atomic E-state index is -0.641. The van der Waals surface area contributed by atoms with E-state index in [9.17, 15) is 10.1 Å². The van der Waals surface area contributed by atoms with E-state index >= 15 is 0 Å². The maximum atomic E-state index is 9.88. The first-order chi connectivity index (χ1) is 5.70. The van der Waals surface area contributed by atoms with Crippen molar-refractivity contribution in [2.45, 2.75) is 0 Å². The van der Waals surface area contributed by atoms with Gasteiger partial charge in [-0.25, -0.2) is 0 Å². The van der Waals surface area contributed by atoms with Gasteiger partial charge in [0.15, 0.2) is 11.5 Å². The fourth-order valence-electron chi connectivity index (χ4n) is 0.701. The first-order valence-electron chi connectivity index (χ1n) is 3.23. The van der Waals surface area contributed by atoms with Crippen molar-refractivity contribution in [3.63, 3.8) is 0 Å². The van der Waals surface area contributed by atoms with Crippen molar-refractivity contribution in [2.75, 3.05) is 6.73 Å². The number of hydrogen-bond donors (Lipinski definition) is 1. The van der Waals surface area contributed by atoms with Gasteiger partial charge in [0.2, 0.25) is 0 Å². The average molecular weight is 193 g/mol. The summed E-state index contributed by atoms with van der Waals surface area (Å²) < 4.78 is 4.65. The van der Waals surface area contributed by atoms with Crippen molar-refractivity contribution in [2.24, 2.45) is 0 Å². The molecule has 1 aromatic rings. The second kappa shape index (κ2) is 5.80. The molecule has 0 atom stereocenters. The minimum absolute atomic E-state index is 0. The standard InChI is InChI=1S/C7H7NO4.Na.H/c9-6-3-1-2-4-7(6)12-5-8(10)11;;/h1-4,9H,5H2;;. The number of nitrogens with zero attached hydrogens (tertiary/aromatic N) is 1. The number of phenols is 1. The predicted molar refractivity (Wildman–Crippen MR) is 47.7 cm³/mol. The summed E-state index contributed by atoms with van der Waals surface area (Å²) in [5, 5.41) is 19.0. The average Bonchev–Trinajstić information content (AvgIpc) is 2.03. The Morgan fingerprint density at radius 3 is 2.62 bits per heavy atom. The van der Waals surface area contributed by atoms with Crippen LogP contribution < -0.4 is 4.74 Å². The molecule has 0 unspecified atom stereocenters. The second-order valence-corrected chi connectivity index (χ2v) is 2.07. The Hall–Kier alpha value is -0.780.